The highest BCUT2D eigenvalue weighted by Gasteiger charge is 2.50. The first kappa shape index (κ1) is 16.2. The van der Waals surface area contributed by atoms with E-state index in [0.29, 0.717) is 6.61 Å². The zero-order chi connectivity index (χ0) is 16.4. The van der Waals surface area contributed by atoms with Crippen molar-refractivity contribution in [3.63, 3.8) is 0 Å². The third kappa shape index (κ3) is 3.81. The maximum Gasteiger partial charge on any atom is 0.256 e. The first-order valence-corrected chi connectivity index (χ1v) is 7.49. The van der Waals surface area contributed by atoms with Crippen LogP contribution in [0.25, 0.3) is 0 Å². The second-order valence-corrected chi connectivity index (χ2v) is 5.92. The summed E-state index contributed by atoms with van der Waals surface area (Å²) >= 11 is 0. The normalized spacial score (nSPS) is 29.0. The zero-order valence-corrected chi connectivity index (χ0v) is 13.4. The molecule has 0 saturated carbocycles. The standard InChI is InChI=1S/C16H21NO6/c1-16(2)22-13-14(18)17-12(21-15(13)23-16)9-20-8-10-4-6-11(19-3)7-5-10/h4-7,12-13,15H,8-9H2,1-3H3,(H,17,18)/t12-,13+,15-/m1/s1. The minimum atomic E-state index is -0.828. The highest BCUT2D eigenvalue weighted by atomic mass is 16.8. The molecule has 2 aliphatic rings. The van der Waals surface area contributed by atoms with Gasteiger partial charge in [-0.3, -0.25) is 4.79 Å². The number of hydrogen-bond donors (Lipinski definition) is 1. The fraction of sp³-hybridized carbons (Fsp3) is 0.562. The van der Waals surface area contributed by atoms with Gasteiger partial charge in [0.2, 0.25) is 0 Å². The Balaban J connectivity index is 1.48. The van der Waals surface area contributed by atoms with E-state index in [2.05, 4.69) is 5.32 Å². The quantitative estimate of drug-likeness (QED) is 0.876. The molecule has 0 unspecified atom stereocenters. The largest absolute Gasteiger partial charge is 0.497 e. The van der Waals surface area contributed by atoms with Gasteiger partial charge in [-0.25, -0.2) is 0 Å². The van der Waals surface area contributed by atoms with Crippen LogP contribution in [0.2, 0.25) is 0 Å². The number of nitrogens with one attached hydrogen (secondary N) is 1. The molecule has 1 amide bonds. The van der Waals surface area contributed by atoms with Crippen LogP contribution in [0.15, 0.2) is 24.3 Å². The highest BCUT2D eigenvalue weighted by molar-refractivity contribution is 5.82. The summed E-state index contributed by atoms with van der Waals surface area (Å²) in [5.41, 5.74) is 1.01. The van der Waals surface area contributed by atoms with E-state index < -0.39 is 24.4 Å². The van der Waals surface area contributed by atoms with Gasteiger partial charge in [0.05, 0.1) is 20.3 Å². The molecule has 7 heteroatoms. The zero-order valence-electron chi connectivity index (χ0n) is 13.4. The third-order valence-corrected chi connectivity index (χ3v) is 3.62. The molecule has 0 aliphatic carbocycles. The molecule has 2 aliphatic heterocycles. The number of benzene rings is 1. The summed E-state index contributed by atoms with van der Waals surface area (Å²) in [5.74, 6) is -0.278. The maximum absolute atomic E-state index is 12.0. The van der Waals surface area contributed by atoms with Gasteiger partial charge < -0.3 is 29.0 Å². The van der Waals surface area contributed by atoms with Crippen molar-refractivity contribution >= 4 is 5.91 Å². The summed E-state index contributed by atoms with van der Waals surface area (Å²) < 4.78 is 27.4. The minimum absolute atomic E-state index is 0.227. The molecular formula is C16H21NO6. The van der Waals surface area contributed by atoms with Crippen molar-refractivity contribution in [3.8, 4) is 5.75 Å². The predicted molar refractivity (Wildman–Crippen MR) is 79.5 cm³/mol. The van der Waals surface area contributed by atoms with E-state index in [0.717, 1.165) is 11.3 Å². The highest BCUT2D eigenvalue weighted by Crippen LogP contribution is 2.31. The van der Waals surface area contributed by atoms with Crippen LogP contribution in [0.5, 0.6) is 5.75 Å². The minimum Gasteiger partial charge on any atom is -0.497 e. The Labute approximate surface area is 134 Å². The van der Waals surface area contributed by atoms with Crippen LogP contribution in [0.4, 0.5) is 0 Å². The smallest absolute Gasteiger partial charge is 0.256 e. The van der Waals surface area contributed by atoms with Gasteiger partial charge in [0.1, 0.15) is 5.75 Å². The lowest BCUT2D eigenvalue weighted by Gasteiger charge is -2.30. The Bertz CT molecular complexity index is 558. The van der Waals surface area contributed by atoms with E-state index >= 15 is 0 Å². The summed E-state index contributed by atoms with van der Waals surface area (Å²) in [5, 5.41) is 2.72. The average Bonchev–Trinajstić information content (AvgIpc) is 2.83. The van der Waals surface area contributed by atoms with E-state index in [1.54, 1.807) is 21.0 Å². The Kier molecular flexibility index (Phi) is 4.54. The molecule has 7 nitrogen and oxygen atoms in total. The van der Waals surface area contributed by atoms with Crippen LogP contribution >= 0.6 is 0 Å². The molecule has 1 aromatic carbocycles. The molecule has 1 N–H and O–H groups in total. The molecule has 23 heavy (non-hydrogen) atoms. The monoisotopic (exact) mass is 323 g/mol. The number of rotatable bonds is 5. The summed E-state index contributed by atoms with van der Waals surface area (Å²) in [6.07, 6.45) is -1.99. The average molecular weight is 323 g/mol. The fourth-order valence-corrected chi connectivity index (χ4v) is 2.53. The van der Waals surface area contributed by atoms with Gasteiger partial charge >= 0.3 is 0 Å². The Morgan fingerprint density at radius 3 is 2.65 bits per heavy atom. The van der Waals surface area contributed by atoms with Gasteiger partial charge in [0, 0.05) is 0 Å². The van der Waals surface area contributed by atoms with Crippen molar-refractivity contribution < 1.29 is 28.5 Å². The van der Waals surface area contributed by atoms with Crippen LogP contribution in [-0.4, -0.2) is 44.0 Å². The van der Waals surface area contributed by atoms with Gasteiger partial charge in [-0.05, 0) is 31.5 Å². The van der Waals surface area contributed by atoms with Crippen molar-refractivity contribution in [2.24, 2.45) is 0 Å². The van der Waals surface area contributed by atoms with E-state index in [-0.39, 0.29) is 12.5 Å². The molecule has 0 radical (unpaired) electrons. The number of methoxy groups -OCH3 is 1. The lowest BCUT2D eigenvalue weighted by atomic mass is 10.2. The van der Waals surface area contributed by atoms with E-state index in [4.69, 9.17) is 23.7 Å². The topological polar surface area (TPSA) is 75.3 Å². The Morgan fingerprint density at radius 1 is 1.22 bits per heavy atom. The molecule has 2 saturated heterocycles. The maximum atomic E-state index is 12.0. The van der Waals surface area contributed by atoms with E-state index in [9.17, 15) is 4.79 Å². The van der Waals surface area contributed by atoms with Crippen LogP contribution in [0.3, 0.4) is 0 Å². The second kappa shape index (κ2) is 6.45. The lowest BCUT2D eigenvalue weighted by molar-refractivity contribution is -0.221. The van der Waals surface area contributed by atoms with Crippen molar-refractivity contribution in [2.75, 3.05) is 13.7 Å². The molecule has 126 valence electrons. The molecular weight excluding hydrogens is 302 g/mol. The SMILES string of the molecule is COc1ccc(COC[C@@H]2NC(=O)[C@@H]3OC(C)(C)O[C@H]3O2)cc1. The molecule has 3 rings (SSSR count). The fourth-order valence-electron chi connectivity index (χ4n) is 2.53. The van der Waals surface area contributed by atoms with Gasteiger partial charge in [0.15, 0.2) is 24.4 Å². The van der Waals surface area contributed by atoms with Crippen LogP contribution in [-0.2, 0) is 30.3 Å². The molecule has 2 heterocycles. The lowest BCUT2D eigenvalue weighted by Crippen LogP contribution is -2.56. The van der Waals surface area contributed by atoms with Crippen molar-refractivity contribution in [1.29, 1.82) is 0 Å². The summed E-state index contributed by atoms with van der Waals surface area (Å²) in [6, 6.07) is 7.58. The first-order valence-electron chi connectivity index (χ1n) is 7.49. The van der Waals surface area contributed by atoms with E-state index in [1.807, 2.05) is 24.3 Å². The van der Waals surface area contributed by atoms with Gasteiger partial charge in [-0.15, -0.1) is 0 Å². The number of amides is 1. The molecule has 0 aromatic heterocycles. The van der Waals surface area contributed by atoms with Crippen molar-refractivity contribution in [1.82, 2.24) is 5.32 Å². The second-order valence-electron chi connectivity index (χ2n) is 5.92. The number of carbonyl (C=O) groups is 1. The Morgan fingerprint density at radius 2 is 1.96 bits per heavy atom. The van der Waals surface area contributed by atoms with Crippen LogP contribution in [0.1, 0.15) is 19.4 Å². The first-order chi connectivity index (χ1) is 11.0. The van der Waals surface area contributed by atoms with E-state index in [1.165, 1.54) is 0 Å². The molecule has 2 fully saturated rings. The summed E-state index contributed by atoms with van der Waals surface area (Å²) in [6.45, 7) is 4.13. The van der Waals surface area contributed by atoms with Crippen LogP contribution < -0.4 is 10.1 Å². The summed E-state index contributed by atoms with van der Waals surface area (Å²) in [4.78, 5) is 12.0. The van der Waals surface area contributed by atoms with Gasteiger partial charge in [-0.1, -0.05) is 12.1 Å². The van der Waals surface area contributed by atoms with Crippen molar-refractivity contribution in [3.05, 3.63) is 29.8 Å². The number of carbonyl (C=O) groups excluding carboxylic acids is 1. The number of fused-ring (bicyclic) bond motifs is 1. The molecule has 3 atom stereocenters. The van der Waals surface area contributed by atoms with Crippen molar-refractivity contribution in [2.45, 2.75) is 44.9 Å². The third-order valence-electron chi connectivity index (χ3n) is 3.62. The molecule has 0 bridgehead atoms. The predicted octanol–water partition coefficient (Wildman–Crippen LogP) is 1.16. The summed E-state index contributed by atoms with van der Waals surface area (Å²) in [7, 11) is 1.62. The number of hydrogen-bond acceptors (Lipinski definition) is 6. The van der Waals surface area contributed by atoms with Gasteiger partial charge in [-0.2, -0.15) is 0 Å². The molecule has 0 spiro atoms. The van der Waals surface area contributed by atoms with Gasteiger partial charge in [0.25, 0.3) is 5.91 Å². The number of ether oxygens (including phenoxy) is 5. The van der Waals surface area contributed by atoms with Crippen LogP contribution in [0, 0.1) is 0 Å². The Hall–Kier alpha value is -1.67. The molecule has 1 aromatic rings.